The number of aromatic amines is 1. The van der Waals surface area contributed by atoms with E-state index in [1.54, 1.807) is 0 Å². The van der Waals surface area contributed by atoms with Gasteiger partial charge in [-0.3, -0.25) is 5.10 Å². The summed E-state index contributed by atoms with van der Waals surface area (Å²) in [6, 6.07) is 2.02. The minimum Gasteiger partial charge on any atom is -0.262 e. The second-order valence-electron chi connectivity index (χ2n) is 2.60. The molecule has 0 spiro atoms. The molecule has 4 nitrogen and oxygen atoms in total. The van der Waals surface area contributed by atoms with E-state index in [9.17, 15) is 0 Å². The summed E-state index contributed by atoms with van der Waals surface area (Å²) < 4.78 is 0. The lowest BCUT2D eigenvalue weighted by atomic mass is 10.2. The van der Waals surface area contributed by atoms with Gasteiger partial charge in [-0.25, -0.2) is 4.98 Å². The first-order valence-electron chi connectivity index (χ1n) is 3.66. The van der Waals surface area contributed by atoms with Crippen LogP contribution in [-0.4, -0.2) is 20.9 Å². The molecule has 0 saturated heterocycles. The fraction of sp³-hybridized carbons (Fsp3) is 0.571. The minimum atomic E-state index is 0.355. The first-order valence-corrected chi connectivity index (χ1v) is 4.64. The first kappa shape index (κ1) is 9.07. The van der Waals surface area contributed by atoms with Crippen molar-refractivity contribution in [2.24, 2.45) is 0 Å². The van der Waals surface area contributed by atoms with E-state index in [1.807, 2.05) is 19.9 Å². The van der Waals surface area contributed by atoms with Gasteiger partial charge in [-0.2, -0.15) is 5.26 Å². The lowest BCUT2D eigenvalue weighted by Gasteiger charge is -1.94. The predicted octanol–water partition coefficient (Wildman–Crippen LogP) is 1.54. The third-order valence-electron chi connectivity index (χ3n) is 1.29. The highest BCUT2D eigenvalue weighted by Crippen LogP contribution is 2.14. The zero-order valence-corrected chi connectivity index (χ0v) is 7.85. The lowest BCUT2D eigenvalue weighted by molar-refractivity contribution is 0.780. The van der Waals surface area contributed by atoms with Crippen LogP contribution in [0.4, 0.5) is 0 Å². The number of rotatable bonds is 3. The van der Waals surface area contributed by atoms with Crippen molar-refractivity contribution in [3.8, 4) is 6.07 Å². The summed E-state index contributed by atoms with van der Waals surface area (Å²) in [6.45, 7) is 4.08. The molecule has 0 aliphatic carbocycles. The third-order valence-corrected chi connectivity index (χ3v) is 2.01. The van der Waals surface area contributed by atoms with Gasteiger partial charge in [0, 0.05) is 5.92 Å². The molecule has 0 aliphatic heterocycles. The van der Waals surface area contributed by atoms with E-state index in [1.165, 1.54) is 11.8 Å². The van der Waals surface area contributed by atoms with Crippen molar-refractivity contribution in [3.63, 3.8) is 0 Å². The number of nitrogens with zero attached hydrogens (tertiary/aromatic N) is 3. The van der Waals surface area contributed by atoms with Crippen LogP contribution in [0.3, 0.4) is 0 Å². The summed E-state index contributed by atoms with van der Waals surface area (Å²) in [5, 5.41) is 15.7. The largest absolute Gasteiger partial charge is 0.262 e. The average molecular weight is 182 g/mol. The highest BCUT2D eigenvalue weighted by molar-refractivity contribution is 7.99. The lowest BCUT2D eigenvalue weighted by Crippen LogP contribution is -1.89. The molecule has 1 rings (SSSR count). The van der Waals surface area contributed by atoms with Crippen LogP contribution >= 0.6 is 11.8 Å². The molecule has 0 unspecified atom stereocenters. The van der Waals surface area contributed by atoms with Gasteiger partial charge in [0.15, 0.2) is 0 Å². The van der Waals surface area contributed by atoms with Crippen LogP contribution in [0.25, 0.3) is 0 Å². The van der Waals surface area contributed by atoms with Crippen molar-refractivity contribution in [1.82, 2.24) is 15.2 Å². The van der Waals surface area contributed by atoms with Gasteiger partial charge in [0.25, 0.3) is 0 Å². The Kier molecular flexibility index (Phi) is 3.11. The van der Waals surface area contributed by atoms with Crippen LogP contribution in [-0.2, 0) is 0 Å². The molecule has 12 heavy (non-hydrogen) atoms. The molecule has 0 bridgehead atoms. The number of nitrogens with one attached hydrogen (secondary N) is 1. The summed E-state index contributed by atoms with van der Waals surface area (Å²) in [7, 11) is 0. The van der Waals surface area contributed by atoms with Gasteiger partial charge < -0.3 is 0 Å². The molecule has 0 atom stereocenters. The number of aromatic nitrogens is 3. The molecule has 0 fully saturated rings. The molecule has 0 aliphatic rings. The van der Waals surface area contributed by atoms with E-state index in [0.29, 0.717) is 16.8 Å². The van der Waals surface area contributed by atoms with Crippen molar-refractivity contribution in [1.29, 1.82) is 5.26 Å². The van der Waals surface area contributed by atoms with Crippen LogP contribution in [0, 0.1) is 11.3 Å². The Bertz CT molecular complexity index is 286. The van der Waals surface area contributed by atoms with Crippen LogP contribution in [0.5, 0.6) is 0 Å². The Morgan fingerprint density at radius 3 is 2.92 bits per heavy atom. The molecule has 0 saturated carbocycles. The molecule has 1 N–H and O–H groups in total. The molecule has 0 amide bonds. The molecule has 1 aromatic rings. The van der Waals surface area contributed by atoms with Gasteiger partial charge in [0.1, 0.15) is 5.82 Å². The quantitative estimate of drug-likeness (QED) is 0.720. The highest BCUT2D eigenvalue weighted by atomic mass is 32.2. The topological polar surface area (TPSA) is 65.4 Å². The van der Waals surface area contributed by atoms with Gasteiger partial charge in [0.2, 0.25) is 5.16 Å². The minimum absolute atomic E-state index is 0.355. The number of thioether (sulfide) groups is 1. The SMILES string of the molecule is CC(C)c1nc(SCC#N)n[nH]1. The molecular formula is C7H10N4S. The summed E-state index contributed by atoms with van der Waals surface area (Å²) in [5.74, 6) is 1.62. The number of nitriles is 1. The van der Waals surface area contributed by atoms with Gasteiger partial charge in [-0.15, -0.1) is 5.10 Å². The standard InChI is InChI=1S/C7H10N4S/c1-5(2)6-9-7(11-10-6)12-4-3-8/h5H,4H2,1-2H3,(H,9,10,11). The number of hydrogen-bond acceptors (Lipinski definition) is 4. The molecule has 64 valence electrons. The summed E-state index contributed by atoms with van der Waals surface area (Å²) >= 11 is 1.34. The zero-order chi connectivity index (χ0) is 8.97. The van der Waals surface area contributed by atoms with Crippen LogP contribution in [0.1, 0.15) is 25.6 Å². The summed E-state index contributed by atoms with van der Waals surface area (Å²) in [6.07, 6.45) is 0. The smallest absolute Gasteiger partial charge is 0.209 e. The van der Waals surface area contributed by atoms with Crippen molar-refractivity contribution in [3.05, 3.63) is 5.82 Å². The fourth-order valence-electron chi connectivity index (χ4n) is 0.678. The Morgan fingerprint density at radius 1 is 1.67 bits per heavy atom. The van der Waals surface area contributed by atoms with Gasteiger partial charge in [0.05, 0.1) is 11.8 Å². The highest BCUT2D eigenvalue weighted by Gasteiger charge is 2.05. The van der Waals surface area contributed by atoms with Crippen molar-refractivity contribution >= 4 is 11.8 Å². The van der Waals surface area contributed by atoms with Crippen LogP contribution < -0.4 is 0 Å². The van der Waals surface area contributed by atoms with E-state index in [0.717, 1.165) is 5.82 Å². The van der Waals surface area contributed by atoms with Gasteiger partial charge in [-0.1, -0.05) is 25.6 Å². The molecule has 0 aromatic carbocycles. The third kappa shape index (κ3) is 2.24. The van der Waals surface area contributed by atoms with Crippen molar-refractivity contribution in [2.75, 3.05) is 5.75 Å². The second-order valence-corrected chi connectivity index (χ2v) is 3.55. The average Bonchev–Trinajstić information content (AvgIpc) is 2.48. The van der Waals surface area contributed by atoms with E-state index in [-0.39, 0.29) is 0 Å². The maximum Gasteiger partial charge on any atom is 0.209 e. The maximum atomic E-state index is 8.31. The summed E-state index contributed by atoms with van der Waals surface area (Å²) in [5.41, 5.74) is 0. The second kappa shape index (κ2) is 4.12. The molecule has 5 heteroatoms. The van der Waals surface area contributed by atoms with Crippen LogP contribution in [0.15, 0.2) is 5.16 Å². The van der Waals surface area contributed by atoms with E-state index in [4.69, 9.17) is 5.26 Å². The maximum absolute atomic E-state index is 8.31. The normalized spacial score (nSPS) is 10.2. The summed E-state index contributed by atoms with van der Waals surface area (Å²) in [4.78, 5) is 4.19. The first-order chi connectivity index (χ1) is 5.74. The van der Waals surface area contributed by atoms with Gasteiger partial charge in [-0.05, 0) is 0 Å². The number of H-pyrrole nitrogens is 1. The number of hydrogen-bond donors (Lipinski definition) is 1. The van der Waals surface area contributed by atoms with Crippen LogP contribution in [0.2, 0.25) is 0 Å². The molecule has 0 radical (unpaired) electrons. The Labute approximate surface area is 75.4 Å². The Morgan fingerprint density at radius 2 is 2.42 bits per heavy atom. The molecule has 1 aromatic heterocycles. The molecular weight excluding hydrogens is 172 g/mol. The van der Waals surface area contributed by atoms with E-state index in [2.05, 4.69) is 15.2 Å². The van der Waals surface area contributed by atoms with Crippen molar-refractivity contribution < 1.29 is 0 Å². The predicted molar refractivity (Wildman–Crippen MR) is 46.8 cm³/mol. The van der Waals surface area contributed by atoms with Crippen molar-refractivity contribution in [2.45, 2.75) is 24.9 Å². The monoisotopic (exact) mass is 182 g/mol. The zero-order valence-electron chi connectivity index (χ0n) is 7.03. The Hall–Kier alpha value is -1.02. The Balaban J connectivity index is 2.59. The van der Waals surface area contributed by atoms with E-state index >= 15 is 0 Å². The van der Waals surface area contributed by atoms with Gasteiger partial charge >= 0.3 is 0 Å². The fourth-order valence-corrected chi connectivity index (χ4v) is 1.14. The van der Waals surface area contributed by atoms with E-state index < -0.39 is 0 Å². The molecule has 1 heterocycles.